The Morgan fingerprint density at radius 1 is 0.583 bits per heavy atom. The van der Waals surface area contributed by atoms with E-state index in [0.29, 0.717) is 19.4 Å². The number of Topliss-reactive ketones (excluding diaryl/α,β-unsaturated/α-hetero) is 1. The lowest BCUT2D eigenvalue weighted by atomic mass is 10.0. The largest absolute Gasteiger partial charge is 0.481 e. The van der Waals surface area contributed by atoms with Crippen LogP contribution in [0.25, 0.3) is 0 Å². The molecule has 0 aromatic carbocycles. The number of carboxylic acid groups (broad SMARTS) is 2. The fraction of sp³-hybridized carbons (Fsp3) is 0.824. The van der Waals surface area contributed by atoms with E-state index in [0.717, 1.165) is 64.2 Å². The summed E-state index contributed by atoms with van der Waals surface area (Å²) in [5, 5.41) is 26.0. The minimum atomic E-state index is -1.18. The smallest absolute Gasteiger partial charge is 0.326 e. The third kappa shape index (κ3) is 30.2. The van der Waals surface area contributed by atoms with Crippen molar-refractivity contribution >= 4 is 35.4 Å². The van der Waals surface area contributed by atoms with Crippen LogP contribution in [0.4, 0.5) is 0 Å². The Morgan fingerprint density at radius 3 is 1.69 bits per heavy atom. The molecule has 0 aliphatic rings. The zero-order chi connectivity index (χ0) is 35.8. The molecule has 0 aromatic rings. The normalized spacial score (nSPS) is 12.2. The van der Waals surface area contributed by atoms with Crippen LogP contribution in [0.2, 0.25) is 0 Å². The van der Waals surface area contributed by atoms with Crippen LogP contribution in [-0.4, -0.2) is 97.3 Å². The van der Waals surface area contributed by atoms with Gasteiger partial charge in [0, 0.05) is 32.4 Å². The van der Waals surface area contributed by atoms with Crippen molar-refractivity contribution in [3.05, 3.63) is 0 Å². The van der Waals surface area contributed by atoms with Crippen molar-refractivity contribution in [1.29, 1.82) is 0 Å². The second kappa shape index (κ2) is 31.2. The molecule has 0 aliphatic heterocycles. The van der Waals surface area contributed by atoms with Gasteiger partial charge in [-0.1, -0.05) is 64.2 Å². The van der Waals surface area contributed by atoms with Crippen molar-refractivity contribution in [3.63, 3.8) is 0 Å². The molecule has 0 spiro atoms. The summed E-state index contributed by atoms with van der Waals surface area (Å²) in [5.41, 5.74) is 5.66. The van der Waals surface area contributed by atoms with Crippen molar-refractivity contribution in [3.8, 4) is 0 Å². The number of ketones is 1. The topological polar surface area (TPSA) is 223 Å². The number of ether oxygens (including phenoxy) is 2. The number of aliphatic carboxylic acids is 2. The molecule has 2 atom stereocenters. The molecule has 14 nitrogen and oxygen atoms in total. The lowest BCUT2D eigenvalue weighted by molar-refractivity contribution is -0.142. The molecular weight excluding hydrogens is 624 g/mol. The summed E-state index contributed by atoms with van der Waals surface area (Å²) >= 11 is 0. The van der Waals surface area contributed by atoms with Gasteiger partial charge in [-0.25, -0.2) is 4.79 Å². The van der Waals surface area contributed by atoms with Crippen molar-refractivity contribution < 1.29 is 48.5 Å². The highest BCUT2D eigenvalue weighted by atomic mass is 16.5. The third-order valence-electron chi connectivity index (χ3n) is 7.80. The third-order valence-corrected chi connectivity index (χ3v) is 7.80. The number of carboxylic acids is 2. The van der Waals surface area contributed by atoms with E-state index in [4.69, 9.17) is 20.3 Å². The number of carbonyl (C=O) groups excluding carboxylic acids is 4. The molecule has 14 heteroatoms. The van der Waals surface area contributed by atoms with Crippen LogP contribution in [0, 0.1) is 0 Å². The minimum absolute atomic E-state index is 0.0159. The van der Waals surface area contributed by atoms with Gasteiger partial charge in [-0.15, -0.1) is 0 Å². The van der Waals surface area contributed by atoms with Gasteiger partial charge < -0.3 is 41.4 Å². The summed E-state index contributed by atoms with van der Waals surface area (Å²) in [7, 11) is 0. The molecular formula is C34H62N4O10. The van der Waals surface area contributed by atoms with Gasteiger partial charge >= 0.3 is 11.9 Å². The zero-order valence-corrected chi connectivity index (χ0v) is 29.1. The Balaban J connectivity index is 3.72. The highest BCUT2D eigenvalue weighted by Crippen LogP contribution is 2.13. The molecule has 278 valence electrons. The van der Waals surface area contributed by atoms with E-state index >= 15 is 0 Å². The molecule has 7 N–H and O–H groups in total. The monoisotopic (exact) mass is 686 g/mol. The van der Waals surface area contributed by atoms with Gasteiger partial charge in [0.1, 0.15) is 18.4 Å². The molecule has 0 unspecified atom stereocenters. The van der Waals surface area contributed by atoms with Crippen molar-refractivity contribution in [2.24, 2.45) is 5.73 Å². The average molecular weight is 687 g/mol. The standard InChI is InChI=1S/C34H62N4O10/c1-27(39)28(35)16-14-15-21-36-32(42)26-48-25-24-47-23-22-37-30(40)20-19-29(34(45)46)38-31(41)17-12-10-8-6-4-2-3-5-7-9-11-13-18-33(43)44/h28-29H,2-26,35H2,1H3,(H,36,42)(H,37,40)(H,38,41)(H,43,44)(H,45,46)/t28-,29-/m0/s1. The van der Waals surface area contributed by atoms with E-state index < -0.39 is 24.0 Å². The fourth-order valence-electron chi connectivity index (χ4n) is 4.84. The maximum Gasteiger partial charge on any atom is 0.326 e. The minimum Gasteiger partial charge on any atom is -0.481 e. The summed E-state index contributed by atoms with van der Waals surface area (Å²) in [5.74, 6) is -2.86. The van der Waals surface area contributed by atoms with E-state index in [-0.39, 0.29) is 82.2 Å². The number of hydrogen-bond acceptors (Lipinski definition) is 9. The summed E-state index contributed by atoms with van der Waals surface area (Å²) < 4.78 is 10.6. The van der Waals surface area contributed by atoms with E-state index in [1.54, 1.807) is 0 Å². The van der Waals surface area contributed by atoms with Crippen LogP contribution in [0.5, 0.6) is 0 Å². The second-order valence-electron chi connectivity index (χ2n) is 12.2. The van der Waals surface area contributed by atoms with Gasteiger partial charge in [-0.3, -0.25) is 24.0 Å². The molecule has 0 fully saturated rings. The molecule has 0 aromatic heterocycles. The zero-order valence-electron chi connectivity index (χ0n) is 29.1. The Hall–Kier alpha value is -3.10. The summed E-state index contributed by atoms with van der Waals surface area (Å²) in [6.45, 7) is 2.73. The number of carbonyl (C=O) groups is 6. The van der Waals surface area contributed by atoms with Crippen molar-refractivity contribution in [1.82, 2.24) is 16.0 Å². The lowest BCUT2D eigenvalue weighted by Gasteiger charge is -2.14. The van der Waals surface area contributed by atoms with Gasteiger partial charge in [0.25, 0.3) is 0 Å². The van der Waals surface area contributed by atoms with Crippen molar-refractivity contribution in [2.45, 2.75) is 141 Å². The van der Waals surface area contributed by atoms with Gasteiger partial charge in [-0.05, 0) is 45.4 Å². The lowest BCUT2D eigenvalue weighted by Crippen LogP contribution is -2.41. The first-order valence-electron chi connectivity index (χ1n) is 17.7. The van der Waals surface area contributed by atoms with Gasteiger partial charge in [0.05, 0.1) is 25.9 Å². The molecule has 0 saturated heterocycles. The highest BCUT2D eigenvalue weighted by Gasteiger charge is 2.20. The quantitative estimate of drug-likeness (QED) is 0.0539. The Morgan fingerprint density at radius 2 is 1.12 bits per heavy atom. The van der Waals surface area contributed by atoms with Crippen LogP contribution in [0.15, 0.2) is 0 Å². The summed E-state index contributed by atoms with van der Waals surface area (Å²) in [6.07, 6.45) is 14.9. The maximum atomic E-state index is 12.2. The fourth-order valence-corrected chi connectivity index (χ4v) is 4.84. The Kier molecular flexibility index (Phi) is 29.2. The molecule has 0 heterocycles. The number of rotatable bonds is 34. The highest BCUT2D eigenvalue weighted by molar-refractivity contribution is 5.84. The predicted octanol–water partition coefficient (Wildman–Crippen LogP) is 3.23. The molecule has 0 saturated carbocycles. The van der Waals surface area contributed by atoms with E-state index in [1.807, 2.05) is 0 Å². The number of nitrogens with one attached hydrogen (secondary N) is 3. The molecule has 0 rings (SSSR count). The Labute approximate surface area is 286 Å². The van der Waals surface area contributed by atoms with E-state index in [9.17, 15) is 33.9 Å². The SMILES string of the molecule is CC(=O)[C@@H](N)CCCCNC(=O)COCCOCCNC(=O)CC[C@H](NC(=O)CCCCCCCCCCCCCCC(=O)O)C(=O)O. The van der Waals surface area contributed by atoms with Crippen LogP contribution < -0.4 is 21.7 Å². The molecule has 0 bridgehead atoms. The van der Waals surface area contributed by atoms with Crippen LogP contribution in [0.1, 0.15) is 129 Å². The number of amides is 3. The number of nitrogens with two attached hydrogens (primary N) is 1. The summed E-state index contributed by atoms with van der Waals surface area (Å²) in [4.78, 5) is 69.2. The second-order valence-corrected chi connectivity index (χ2v) is 12.2. The maximum absolute atomic E-state index is 12.2. The van der Waals surface area contributed by atoms with Crippen LogP contribution >= 0.6 is 0 Å². The first-order valence-corrected chi connectivity index (χ1v) is 17.7. The van der Waals surface area contributed by atoms with E-state index in [1.165, 1.54) is 26.2 Å². The first-order chi connectivity index (χ1) is 23.0. The molecule has 48 heavy (non-hydrogen) atoms. The van der Waals surface area contributed by atoms with Gasteiger partial charge in [0.2, 0.25) is 17.7 Å². The molecule has 0 aliphatic carbocycles. The molecule has 3 amide bonds. The van der Waals surface area contributed by atoms with Gasteiger partial charge in [-0.2, -0.15) is 0 Å². The van der Waals surface area contributed by atoms with Crippen molar-refractivity contribution in [2.75, 3.05) is 39.5 Å². The number of hydrogen-bond donors (Lipinski definition) is 6. The predicted molar refractivity (Wildman–Crippen MR) is 181 cm³/mol. The summed E-state index contributed by atoms with van der Waals surface area (Å²) in [6, 6.07) is -1.58. The average Bonchev–Trinajstić information content (AvgIpc) is 3.03. The number of unbranched alkanes of at least 4 members (excludes halogenated alkanes) is 12. The molecule has 0 radical (unpaired) electrons. The van der Waals surface area contributed by atoms with Crippen LogP contribution in [0.3, 0.4) is 0 Å². The van der Waals surface area contributed by atoms with Crippen LogP contribution in [-0.2, 0) is 38.2 Å². The Bertz CT molecular complexity index is 918. The van der Waals surface area contributed by atoms with Gasteiger partial charge in [0.15, 0.2) is 0 Å². The van der Waals surface area contributed by atoms with E-state index in [2.05, 4.69) is 16.0 Å². The first kappa shape index (κ1) is 44.9.